The van der Waals surface area contributed by atoms with E-state index in [2.05, 4.69) is 146 Å². The lowest BCUT2D eigenvalue weighted by molar-refractivity contribution is 0.766. The van der Waals surface area contributed by atoms with Crippen LogP contribution in [0, 0.1) is 0 Å². The minimum absolute atomic E-state index is 0.803. The molecule has 0 atom stereocenters. The molecule has 7 aromatic carbocycles. The van der Waals surface area contributed by atoms with Crippen molar-refractivity contribution in [1.82, 2.24) is 30.0 Å². The number of para-hydroxylation sites is 2. The van der Waals surface area contributed by atoms with Gasteiger partial charge in [0.1, 0.15) is 22.1 Å². The first-order valence-corrected chi connectivity index (χ1v) is 18.8. The van der Waals surface area contributed by atoms with Gasteiger partial charge in [-0.3, -0.25) is 0 Å². The van der Waals surface area contributed by atoms with Gasteiger partial charge in [0.25, 0.3) is 0 Å². The summed E-state index contributed by atoms with van der Waals surface area (Å²) in [5, 5.41) is 18.6. The van der Waals surface area contributed by atoms with Crippen molar-refractivity contribution in [2.24, 2.45) is 0 Å². The lowest BCUT2D eigenvalue weighted by Gasteiger charge is -2.26. The predicted molar refractivity (Wildman–Crippen MR) is 233 cm³/mol. The summed E-state index contributed by atoms with van der Waals surface area (Å²) in [5.74, 6) is 0. The van der Waals surface area contributed by atoms with E-state index in [0.717, 1.165) is 78.7 Å². The summed E-state index contributed by atoms with van der Waals surface area (Å²) >= 11 is 0. The number of rotatable bonds is 11. The van der Waals surface area contributed by atoms with Crippen molar-refractivity contribution in [3.05, 3.63) is 212 Å². The lowest BCUT2D eigenvalue weighted by Crippen LogP contribution is -2.14. The molecule has 57 heavy (non-hydrogen) atoms. The normalized spacial score (nSPS) is 11.7. The van der Waals surface area contributed by atoms with Crippen LogP contribution in [-0.4, -0.2) is 30.0 Å². The fraction of sp³-hybridized carbons (Fsp3) is 0.0204. The number of nitrogens with zero attached hydrogens (tertiary/aromatic N) is 8. The Morgan fingerprint density at radius 3 is 1.37 bits per heavy atom. The molecule has 0 aliphatic carbocycles. The molecule has 0 aliphatic heterocycles. The van der Waals surface area contributed by atoms with E-state index in [1.807, 2.05) is 97.9 Å². The van der Waals surface area contributed by atoms with Crippen molar-refractivity contribution >= 4 is 56.2 Å². The SMILES string of the molecule is C=C(/C=C\C(=C/C)n1nc2ccccc2n1)N(c1ccccc1)c1ccc(-c2ccc(N(c3ccccc3)c3ccc(-n4nc5ccccc5n4)cc3)cc2)cc1. The Kier molecular flexibility index (Phi) is 9.48. The lowest BCUT2D eigenvalue weighted by atomic mass is 10.0. The number of benzene rings is 7. The highest BCUT2D eigenvalue weighted by Crippen LogP contribution is 2.37. The number of hydrogen-bond acceptors (Lipinski definition) is 6. The molecule has 0 radical (unpaired) electrons. The monoisotopic (exact) mass is 738 g/mol. The molecule has 2 aromatic heterocycles. The van der Waals surface area contributed by atoms with Crippen LogP contribution in [0.4, 0.5) is 28.4 Å². The Bertz CT molecular complexity index is 2790. The summed E-state index contributed by atoms with van der Waals surface area (Å²) in [6.07, 6.45) is 6.00. The standard InChI is InChI=1S/C49H38N8/c1-3-39(56-50-46-18-10-11-19-47(46)51-56)27-22-36(2)54(40-14-6-4-7-15-40)42-28-23-37(24-29-42)38-25-30-43(31-26-38)55(41-16-8-5-9-17-41)44-32-34-45(35-33-44)57-52-48-20-12-13-21-49(48)53-57/h3-35H,2H2,1H3/b27-22-,39-3+. The van der Waals surface area contributed by atoms with Crippen LogP contribution in [0.15, 0.2) is 212 Å². The van der Waals surface area contributed by atoms with Gasteiger partial charge in [-0.05, 0) is 127 Å². The third-order valence-corrected chi connectivity index (χ3v) is 9.79. The third kappa shape index (κ3) is 7.23. The number of fused-ring (bicyclic) bond motifs is 2. The van der Waals surface area contributed by atoms with E-state index in [4.69, 9.17) is 0 Å². The van der Waals surface area contributed by atoms with Gasteiger partial charge in [0.15, 0.2) is 0 Å². The van der Waals surface area contributed by atoms with Gasteiger partial charge in [-0.25, -0.2) is 0 Å². The number of anilines is 5. The summed E-state index contributed by atoms with van der Waals surface area (Å²) in [6.45, 7) is 6.47. The van der Waals surface area contributed by atoms with Crippen LogP contribution < -0.4 is 9.80 Å². The van der Waals surface area contributed by atoms with Gasteiger partial charge in [0, 0.05) is 34.1 Å². The molecule has 8 nitrogen and oxygen atoms in total. The molecule has 0 amide bonds. The van der Waals surface area contributed by atoms with E-state index in [1.165, 1.54) is 0 Å². The largest absolute Gasteiger partial charge is 0.311 e. The molecular weight excluding hydrogens is 701 g/mol. The zero-order valence-corrected chi connectivity index (χ0v) is 31.3. The van der Waals surface area contributed by atoms with Crippen molar-refractivity contribution in [3.8, 4) is 16.8 Å². The fourth-order valence-corrected chi connectivity index (χ4v) is 6.91. The highest BCUT2D eigenvalue weighted by molar-refractivity contribution is 5.80. The molecule has 0 fully saturated rings. The average Bonchev–Trinajstić information content (AvgIpc) is 3.91. The Labute approximate surface area is 331 Å². The Balaban J connectivity index is 0.969. The molecule has 0 saturated heterocycles. The van der Waals surface area contributed by atoms with Gasteiger partial charge in [-0.15, -0.1) is 20.4 Å². The Morgan fingerprint density at radius 1 is 0.456 bits per heavy atom. The molecule has 9 aromatic rings. The molecular formula is C49H38N8. The second-order valence-electron chi connectivity index (χ2n) is 13.4. The van der Waals surface area contributed by atoms with Crippen LogP contribution in [-0.2, 0) is 0 Å². The zero-order valence-electron chi connectivity index (χ0n) is 31.3. The second kappa shape index (κ2) is 15.5. The van der Waals surface area contributed by atoms with Crippen molar-refractivity contribution in [2.75, 3.05) is 9.80 Å². The Morgan fingerprint density at radius 2 is 0.860 bits per heavy atom. The maximum atomic E-state index is 4.66. The van der Waals surface area contributed by atoms with E-state index in [-0.39, 0.29) is 0 Å². The smallest absolute Gasteiger partial charge is 0.113 e. The number of hydrogen-bond donors (Lipinski definition) is 0. The average molecular weight is 739 g/mol. The molecule has 9 rings (SSSR count). The highest BCUT2D eigenvalue weighted by Gasteiger charge is 2.15. The number of aromatic nitrogens is 6. The van der Waals surface area contributed by atoms with Gasteiger partial charge in [-0.1, -0.05) is 97.6 Å². The minimum Gasteiger partial charge on any atom is -0.311 e. The molecule has 2 heterocycles. The van der Waals surface area contributed by atoms with Gasteiger partial charge < -0.3 is 9.80 Å². The predicted octanol–water partition coefficient (Wildman–Crippen LogP) is 12.1. The van der Waals surface area contributed by atoms with Crippen molar-refractivity contribution in [1.29, 1.82) is 0 Å². The van der Waals surface area contributed by atoms with Crippen LogP contribution >= 0.6 is 0 Å². The first-order chi connectivity index (χ1) is 28.1. The quantitative estimate of drug-likeness (QED) is 0.123. The molecule has 0 N–H and O–H groups in total. The first-order valence-electron chi connectivity index (χ1n) is 18.8. The minimum atomic E-state index is 0.803. The van der Waals surface area contributed by atoms with Crippen molar-refractivity contribution < 1.29 is 0 Å². The van der Waals surface area contributed by atoms with Crippen LogP contribution in [0.1, 0.15) is 6.92 Å². The van der Waals surface area contributed by atoms with Crippen LogP contribution in [0.5, 0.6) is 0 Å². The summed E-state index contributed by atoms with van der Waals surface area (Å²) in [7, 11) is 0. The third-order valence-electron chi connectivity index (χ3n) is 9.79. The summed E-state index contributed by atoms with van der Waals surface area (Å²) in [4.78, 5) is 7.76. The second-order valence-corrected chi connectivity index (χ2v) is 13.4. The van der Waals surface area contributed by atoms with E-state index in [1.54, 1.807) is 9.59 Å². The summed E-state index contributed by atoms with van der Waals surface area (Å²) in [6, 6.07) is 62.1. The van der Waals surface area contributed by atoms with E-state index in [9.17, 15) is 0 Å². The summed E-state index contributed by atoms with van der Waals surface area (Å²) in [5.41, 5.74) is 13.4. The number of allylic oxidation sites excluding steroid dienone is 4. The molecule has 274 valence electrons. The van der Waals surface area contributed by atoms with Gasteiger partial charge >= 0.3 is 0 Å². The topological polar surface area (TPSA) is 67.9 Å². The van der Waals surface area contributed by atoms with Gasteiger partial charge in [0.05, 0.1) is 11.4 Å². The molecule has 0 spiro atoms. The summed E-state index contributed by atoms with van der Waals surface area (Å²) < 4.78 is 0. The Hall–Kier alpha value is -7.84. The van der Waals surface area contributed by atoms with E-state index >= 15 is 0 Å². The fourth-order valence-electron chi connectivity index (χ4n) is 6.91. The molecule has 0 aliphatic rings. The van der Waals surface area contributed by atoms with E-state index in [0.29, 0.717) is 0 Å². The molecule has 0 unspecified atom stereocenters. The maximum absolute atomic E-state index is 4.66. The van der Waals surface area contributed by atoms with Crippen LogP contribution in [0.25, 0.3) is 44.6 Å². The maximum Gasteiger partial charge on any atom is 0.113 e. The van der Waals surface area contributed by atoms with Gasteiger partial charge in [-0.2, -0.15) is 9.59 Å². The van der Waals surface area contributed by atoms with E-state index < -0.39 is 0 Å². The molecule has 0 bridgehead atoms. The highest BCUT2D eigenvalue weighted by atomic mass is 15.5. The van der Waals surface area contributed by atoms with Crippen LogP contribution in [0.2, 0.25) is 0 Å². The molecule has 0 saturated carbocycles. The first kappa shape index (κ1) is 34.9. The van der Waals surface area contributed by atoms with Crippen LogP contribution in [0.3, 0.4) is 0 Å². The van der Waals surface area contributed by atoms with Gasteiger partial charge in [0.2, 0.25) is 0 Å². The van der Waals surface area contributed by atoms with Crippen molar-refractivity contribution in [2.45, 2.75) is 6.92 Å². The van der Waals surface area contributed by atoms with Crippen molar-refractivity contribution in [3.63, 3.8) is 0 Å². The zero-order chi connectivity index (χ0) is 38.6. The molecule has 8 heteroatoms.